The number of hydrogen-bond donors (Lipinski definition) is 2. The summed E-state index contributed by atoms with van der Waals surface area (Å²) in [5.74, 6) is 0. The van der Waals surface area contributed by atoms with Crippen molar-refractivity contribution in [3.63, 3.8) is 0 Å². The van der Waals surface area contributed by atoms with Crippen LogP contribution in [0.2, 0.25) is 5.02 Å². The molecule has 6 heteroatoms. The van der Waals surface area contributed by atoms with Gasteiger partial charge in [0.15, 0.2) is 0 Å². The first kappa shape index (κ1) is 14.6. The number of halogens is 1. The highest BCUT2D eigenvalue weighted by molar-refractivity contribution is 7.89. The lowest BCUT2D eigenvalue weighted by Gasteiger charge is -2.37. The van der Waals surface area contributed by atoms with Crippen molar-refractivity contribution >= 4 is 27.3 Å². The smallest absolute Gasteiger partial charge is 0.244 e. The first-order valence-corrected chi connectivity index (χ1v) is 8.34. The number of rotatable bonds is 4. The molecule has 0 amide bonds. The van der Waals surface area contributed by atoms with Crippen molar-refractivity contribution in [1.29, 1.82) is 0 Å². The van der Waals surface area contributed by atoms with E-state index in [2.05, 4.69) is 17.0 Å². The van der Waals surface area contributed by atoms with E-state index < -0.39 is 15.7 Å². The third-order valence-electron chi connectivity index (χ3n) is 3.28. The maximum Gasteiger partial charge on any atom is 0.244 e. The predicted molar refractivity (Wildman–Crippen MR) is 77.9 cm³/mol. The number of sulfonamides is 1. The highest BCUT2D eigenvalue weighted by atomic mass is 35.5. The second-order valence-electron chi connectivity index (χ2n) is 5.16. The molecule has 4 nitrogen and oxygen atoms in total. The minimum atomic E-state index is -3.47. The van der Waals surface area contributed by atoms with Crippen molar-refractivity contribution < 1.29 is 8.42 Å². The van der Waals surface area contributed by atoms with Crippen LogP contribution in [-0.4, -0.2) is 14.1 Å². The van der Waals surface area contributed by atoms with Crippen LogP contribution in [0.3, 0.4) is 0 Å². The summed E-state index contributed by atoms with van der Waals surface area (Å²) in [5.41, 5.74) is -0.0728. The maximum absolute atomic E-state index is 12.2. The molecule has 1 aromatic rings. The summed E-state index contributed by atoms with van der Waals surface area (Å²) in [6, 6.07) is 4.77. The minimum Gasteiger partial charge on any atom is -0.365 e. The quantitative estimate of drug-likeness (QED) is 0.839. The van der Waals surface area contributed by atoms with Gasteiger partial charge in [-0.15, -0.1) is 0 Å². The lowest BCUT2D eigenvalue weighted by molar-refractivity contribution is 0.408. The highest BCUT2D eigenvalue weighted by Gasteiger charge is 2.36. The van der Waals surface area contributed by atoms with Gasteiger partial charge in [0.2, 0.25) is 10.0 Å². The number of hydrogen-bond acceptors (Lipinski definition) is 3. The summed E-state index contributed by atoms with van der Waals surface area (Å²) in [7, 11) is -3.47. The van der Waals surface area contributed by atoms with Crippen LogP contribution in [0.15, 0.2) is 23.1 Å². The highest BCUT2D eigenvalue weighted by Crippen LogP contribution is 2.33. The van der Waals surface area contributed by atoms with Crippen molar-refractivity contribution in [2.24, 2.45) is 0 Å². The molecule has 0 spiro atoms. The second-order valence-corrected chi connectivity index (χ2v) is 7.25. The van der Waals surface area contributed by atoms with Crippen LogP contribution >= 0.6 is 11.6 Å². The molecule has 0 saturated heterocycles. The summed E-state index contributed by atoms with van der Waals surface area (Å²) >= 11 is 5.93. The number of fused-ring (bicyclic) bond motifs is 1. The Labute approximate surface area is 119 Å². The van der Waals surface area contributed by atoms with E-state index in [4.69, 9.17) is 11.6 Å². The largest absolute Gasteiger partial charge is 0.365 e. The fourth-order valence-corrected chi connectivity index (χ4v) is 4.03. The van der Waals surface area contributed by atoms with Crippen LogP contribution < -0.4 is 10.0 Å². The molecule has 106 valence electrons. The molecular weight excluding hydrogens is 284 g/mol. The Balaban J connectivity index is 2.31. The molecule has 1 heterocycles. The van der Waals surface area contributed by atoms with E-state index in [-0.39, 0.29) is 4.90 Å². The van der Waals surface area contributed by atoms with Gasteiger partial charge in [0.05, 0.1) is 11.4 Å². The van der Waals surface area contributed by atoms with Crippen LogP contribution in [-0.2, 0) is 10.0 Å². The van der Waals surface area contributed by atoms with Gasteiger partial charge < -0.3 is 5.32 Å². The molecule has 0 aliphatic carbocycles. The molecule has 1 unspecified atom stereocenters. The predicted octanol–water partition coefficient (Wildman–Crippen LogP) is 3.34. The zero-order chi connectivity index (χ0) is 14.1. The first-order valence-electron chi connectivity index (χ1n) is 6.48. The van der Waals surface area contributed by atoms with E-state index in [1.165, 1.54) is 6.07 Å². The number of benzene rings is 1. The molecule has 0 aromatic heterocycles. The molecule has 1 aliphatic heterocycles. The van der Waals surface area contributed by atoms with Crippen molar-refractivity contribution in [2.45, 2.75) is 50.1 Å². The molecule has 2 rings (SSSR count). The van der Waals surface area contributed by atoms with Gasteiger partial charge in [-0.1, -0.05) is 31.4 Å². The van der Waals surface area contributed by atoms with Crippen LogP contribution in [0.5, 0.6) is 0 Å². The first-order chi connectivity index (χ1) is 8.86. The van der Waals surface area contributed by atoms with Gasteiger partial charge in [-0.3, -0.25) is 0 Å². The molecule has 19 heavy (non-hydrogen) atoms. The molecule has 0 saturated carbocycles. The molecule has 1 aromatic carbocycles. The van der Waals surface area contributed by atoms with Gasteiger partial charge >= 0.3 is 0 Å². The van der Waals surface area contributed by atoms with E-state index in [0.29, 0.717) is 10.7 Å². The summed E-state index contributed by atoms with van der Waals surface area (Å²) in [5, 5.41) is 3.78. The van der Waals surface area contributed by atoms with Gasteiger partial charge in [0, 0.05) is 5.02 Å². The SMILES string of the molecule is CCCCCC1(C)Nc2cc(Cl)ccc2S(=O)(=O)N1. The van der Waals surface area contributed by atoms with Crippen molar-refractivity contribution in [3.8, 4) is 0 Å². The topological polar surface area (TPSA) is 58.2 Å². The maximum atomic E-state index is 12.2. The minimum absolute atomic E-state index is 0.255. The molecular formula is C13H19ClN2O2S. The Morgan fingerprint density at radius 1 is 1.32 bits per heavy atom. The fourth-order valence-electron chi connectivity index (χ4n) is 2.35. The summed E-state index contributed by atoms with van der Waals surface area (Å²) in [6.07, 6.45) is 3.90. The third kappa shape index (κ3) is 3.22. The zero-order valence-corrected chi connectivity index (χ0v) is 12.7. The van der Waals surface area contributed by atoms with E-state index >= 15 is 0 Å². The molecule has 1 atom stereocenters. The van der Waals surface area contributed by atoms with Gasteiger partial charge in [-0.05, 0) is 38.0 Å². The Kier molecular flexibility index (Phi) is 4.08. The molecule has 0 bridgehead atoms. The zero-order valence-electron chi connectivity index (χ0n) is 11.2. The summed E-state index contributed by atoms with van der Waals surface area (Å²) in [6.45, 7) is 3.99. The Bertz CT molecular complexity index is 574. The standard InChI is InChI=1S/C13H19ClN2O2S/c1-3-4-5-8-13(2)15-11-9-10(14)6-7-12(11)19(17,18)16-13/h6-7,9,15-16H,3-5,8H2,1-2H3. The van der Waals surface area contributed by atoms with E-state index in [9.17, 15) is 8.42 Å². The van der Waals surface area contributed by atoms with Crippen LogP contribution in [0.1, 0.15) is 39.5 Å². The van der Waals surface area contributed by atoms with Gasteiger partial charge in [0.1, 0.15) is 4.90 Å². The molecule has 2 N–H and O–H groups in total. The van der Waals surface area contributed by atoms with Gasteiger partial charge in [-0.25, -0.2) is 8.42 Å². The van der Waals surface area contributed by atoms with E-state index in [0.717, 1.165) is 25.7 Å². The van der Waals surface area contributed by atoms with Gasteiger partial charge in [-0.2, -0.15) is 4.72 Å². The number of nitrogens with one attached hydrogen (secondary N) is 2. The lowest BCUT2D eigenvalue weighted by atomic mass is 10.0. The molecule has 0 radical (unpaired) electrons. The fraction of sp³-hybridized carbons (Fsp3) is 0.538. The van der Waals surface area contributed by atoms with Crippen LogP contribution in [0, 0.1) is 0 Å². The third-order valence-corrected chi connectivity index (χ3v) is 5.17. The second kappa shape index (κ2) is 5.31. The van der Waals surface area contributed by atoms with Crippen LogP contribution in [0.4, 0.5) is 5.69 Å². The van der Waals surface area contributed by atoms with Crippen molar-refractivity contribution in [1.82, 2.24) is 4.72 Å². The normalized spacial score (nSPS) is 24.6. The Morgan fingerprint density at radius 2 is 2.05 bits per heavy atom. The number of anilines is 1. The van der Waals surface area contributed by atoms with E-state index in [1.54, 1.807) is 12.1 Å². The Morgan fingerprint density at radius 3 is 2.74 bits per heavy atom. The van der Waals surface area contributed by atoms with Gasteiger partial charge in [0.25, 0.3) is 0 Å². The average Bonchev–Trinajstić information content (AvgIpc) is 2.26. The summed E-state index contributed by atoms with van der Waals surface area (Å²) in [4.78, 5) is 0.255. The lowest BCUT2D eigenvalue weighted by Crippen LogP contribution is -2.55. The van der Waals surface area contributed by atoms with Crippen molar-refractivity contribution in [3.05, 3.63) is 23.2 Å². The molecule has 0 fully saturated rings. The monoisotopic (exact) mass is 302 g/mol. The van der Waals surface area contributed by atoms with E-state index in [1.807, 2.05) is 6.92 Å². The van der Waals surface area contributed by atoms with Crippen molar-refractivity contribution in [2.75, 3.05) is 5.32 Å². The average molecular weight is 303 g/mol. The summed E-state index contributed by atoms with van der Waals surface area (Å²) < 4.78 is 27.2. The van der Waals surface area contributed by atoms with Crippen LogP contribution in [0.25, 0.3) is 0 Å². The Hall–Kier alpha value is -0.780. The molecule has 1 aliphatic rings. The number of unbranched alkanes of at least 4 members (excludes halogenated alkanes) is 2.